The van der Waals surface area contributed by atoms with E-state index in [9.17, 15) is 4.79 Å². The second-order valence-corrected chi connectivity index (χ2v) is 8.55. The number of fused-ring (bicyclic) bond motifs is 2. The number of carbonyl (C=O) groups is 1. The van der Waals surface area contributed by atoms with E-state index in [2.05, 4.69) is 45.5 Å². The summed E-state index contributed by atoms with van der Waals surface area (Å²) in [4.78, 5) is 20.2. The lowest BCUT2D eigenvalue weighted by Gasteiger charge is -2.33. The van der Waals surface area contributed by atoms with Crippen LogP contribution in [0, 0.1) is 0 Å². The van der Waals surface area contributed by atoms with Crippen LogP contribution < -0.4 is 5.32 Å². The summed E-state index contributed by atoms with van der Waals surface area (Å²) in [6, 6.07) is 18.6. The summed E-state index contributed by atoms with van der Waals surface area (Å²) in [6.07, 6.45) is 1.70. The molecule has 1 atom stereocenters. The molecule has 1 saturated heterocycles. The van der Waals surface area contributed by atoms with Gasteiger partial charge >= 0.3 is 0 Å². The van der Waals surface area contributed by atoms with Crippen LogP contribution in [0.25, 0.3) is 21.0 Å². The fraction of sp³-hybridized carbons (Fsp3) is 0.250. The molecule has 5 nitrogen and oxygen atoms in total. The average Bonchev–Trinajstić information content (AvgIpc) is 3.19. The number of rotatable bonds is 4. The zero-order valence-corrected chi connectivity index (χ0v) is 17.6. The van der Waals surface area contributed by atoms with Crippen LogP contribution in [0.4, 0.5) is 0 Å². The molecule has 2 aromatic carbocycles. The zero-order chi connectivity index (χ0) is 20.5. The van der Waals surface area contributed by atoms with Gasteiger partial charge in [0.2, 0.25) is 0 Å². The number of hydrogen-bond acceptors (Lipinski definition) is 5. The summed E-state index contributed by atoms with van der Waals surface area (Å²) in [6.45, 7) is 3.09. The number of benzene rings is 2. The first-order valence-electron chi connectivity index (χ1n) is 10.1. The minimum absolute atomic E-state index is 0.0490. The maximum atomic E-state index is 12.6. The first-order valence-corrected chi connectivity index (χ1v) is 11.0. The Balaban J connectivity index is 1.47. The lowest BCUT2D eigenvalue weighted by molar-refractivity contribution is -0.0321. The predicted molar refractivity (Wildman–Crippen MR) is 121 cm³/mol. The van der Waals surface area contributed by atoms with Crippen LogP contribution >= 0.6 is 11.3 Å². The van der Waals surface area contributed by atoms with E-state index in [-0.39, 0.29) is 12.0 Å². The summed E-state index contributed by atoms with van der Waals surface area (Å²) < 4.78 is 7.31. The first kappa shape index (κ1) is 19.2. The summed E-state index contributed by atoms with van der Waals surface area (Å²) in [5.74, 6) is -0.0490. The predicted octanol–water partition coefficient (Wildman–Crippen LogP) is 4.38. The quantitative estimate of drug-likeness (QED) is 0.535. The van der Waals surface area contributed by atoms with Crippen molar-refractivity contribution in [2.75, 3.05) is 26.7 Å². The third-order valence-electron chi connectivity index (χ3n) is 5.67. The van der Waals surface area contributed by atoms with Gasteiger partial charge in [0.1, 0.15) is 0 Å². The number of aromatic nitrogens is 1. The highest BCUT2D eigenvalue weighted by Crippen LogP contribution is 2.38. The van der Waals surface area contributed by atoms with E-state index in [4.69, 9.17) is 4.74 Å². The Morgan fingerprint density at radius 1 is 1.17 bits per heavy atom. The smallest absolute Gasteiger partial charge is 0.261 e. The van der Waals surface area contributed by atoms with Crippen molar-refractivity contribution < 1.29 is 9.53 Å². The van der Waals surface area contributed by atoms with Crippen molar-refractivity contribution in [1.82, 2.24) is 15.2 Å². The van der Waals surface area contributed by atoms with Gasteiger partial charge in [0.15, 0.2) is 0 Å². The van der Waals surface area contributed by atoms with Gasteiger partial charge in [0.25, 0.3) is 5.91 Å². The fourth-order valence-corrected chi connectivity index (χ4v) is 5.43. The molecule has 0 unspecified atom stereocenters. The van der Waals surface area contributed by atoms with Crippen LogP contribution in [0.2, 0.25) is 0 Å². The molecular formula is C24H23N3O2S. The second kappa shape index (κ2) is 8.14. The van der Waals surface area contributed by atoms with Crippen molar-refractivity contribution in [3.05, 3.63) is 76.8 Å². The summed E-state index contributed by atoms with van der Waals surface area (Å²) in [5.41, 5.74) is 3.30. The van der Waals surface area contributed by atoms with E-state index < -0.39 is 0 Å². The van der Waals surface area contributed by atoms with Gasteiger partial charge < -0.3 is 10.1 Å². The zero-order valence-electron chi connectivity index (χ0n) is 16.8. The van der Waals surface area contributed by atoms with Crippen molar-refractivity contribution in [2.24, 2.45) is 0 Å². The van der Waals surface area contributed by atoms with E-state index in [1.54, 1.807) is 7.05 Å². The highest BCUT2D eigenvalue weighted by Gasteiger charge is 2.29. The molecule has 1 N–H and O–H groups in total. The van der Waals surface area contributed by atoms with Gasteiger partial charge in [-0.25, -0.2) is 0 Å². The molecular weight excluding hydrogens is 394 g/mol. The molecule has 1 aliphatic rings. The molecule has 0 spiro atoms. The number of pyridine rings is 1. The highest BCUT2D eigenvalue weighted by atomic mass is 32.1. The Morgan fingerprint density at radius 3 is 2.93 bits per heavy atom. The Bertz CT molecular complexity index is 1210. The molecule has 5 rings (SSSR count). The summed E-state index contributed by atoms with van der Waals surface area (Å²) >= 11 is 1.54. The molecule has 30 heavy (non-hydrogen) atoms. The topological polar surface area (TPSA) is 54.5 Å². The molecule has 0 radical (unpaired) electrons. The van der Waals surface area contributed by atoms with Crippen molar-refractivity contribution in [1.29, 1.82) is 0 Å². The molecule has 0 bridgehead atoms. The van der Waals surface area contributed by atoms with Crippen LogP contribution in [0.1, 0.15) is 26.9 Å². The van der Waals surface area contributed by atoms with Gasteiger partial charge in [-0.15, -0.1) is 11.3 Å². The molecule has 2 aromatic heterocycles. The summed E-state index contributed by atoms with van der Waals surface area (Å²) in [7, 11) is 1.68. The van der Waals surface area contributed by atoms with E-state index in [0.717, 1.165) is 45.7 Å². The SMILES string of the molecule is CNC(=O)c1sc2ccccc2c1[C@H]1CN(Cc2cccc3ncccc23)CCO1. The maximum absolute atomic E-state index is 12.6. The van der Waals surface area contributed by atoms with Crippen molar-refractivity contribution in [3.8, 4) is 0 Å². The maximum Gasteiger partial charge on any atom is 0.261 e. The van der Waals surface area contributed by atoms with Crippen molar-refractivity contribution in [2.45, 2.75) is 12.6 Å². The molecule has 4 aromatic rings. The van der Waals surface area contributed by atoms with Gasteiger partial charge in [-0.3, -0.25) is 14.7 Å². The van der Waals surface area contributed by atoms with Crippen LogP contribution in [0.15, 0.2) is 60.8 Å². The van der Waals surface area contributed by atoms with Gasteiger partial charge in [-0.1, -0.05) is 36.4 Å². The Hall–Kier alpha value is -2.80. The number of hydrogen-bond donors (Lipinski definition) is 1. The van der Waals surface area contributed by atoms with Crippen LogP contribution in [0.5, 0.6) is 0 Å². The molecule has 1 aliphatic heterocycles. The number of thiophene rings is 1. The number of carbonyl (C=O) groups excluding carboxylic acids is 1. The molecule has 6 heteroatoms. The van der Waals surface area contributed by atoms with Crippen LogP contribution in [-0.4, -0.2) is 42.5 Å². The lowest BCUT2D eigenvalue weighted by atomic mass is 10.0. The normalized spacial score (nSPS) is 17.4. The minimum Gasteiger partial charge on any atom is -0.371 e. The third-order valence-corrected chi connectivity index (χ3v) is 6.85. The second-order valence-electron chi connectivity index (χ2n) is 7.50. The monoisotopic (exact) mass is 417 g/mol. The lowest BCUT2D eigenvalue weighted by Crippen LogP contribution is -2.38. The molecule has 0 aliphatic carbocycles. The van der Waals surface area contributed by atoms with Gasteiger partial charge in [-0.05, 0) is 29.1 Å². The van der Waals surface area contributed by atoms with Crippen molar-refractivity contribution >= 4 is 38.2 Å². The van der Waals surface area contributed by atoms with E-state index in [1.807, 2.05) is 30.5 Å². The molecule has 0 saturated carbocycles. The van der Waals surface area contributed by atoms with Gasteiger partial charge in [0, 0.05) is 48.5 Å². The van der Waals surface area contributed by atoms with Gasteiger partial charge in [-0.2, -0.15) is 0 Å². The Kier molecular flexibility index (Phi) is 5.21. The van der Waals surface area contributed by atoms with Crippen LogP contribution in [0.3, 0.4) is 0 Å². The first-order chi connectivity index (χ1) is 14.7. The number of ether oxygens (including phenoxy) is 1. The van der Waals surface area contributed by atoms with Gasteiger partial charge in [0.05, 0.1) is 23.1 Å². The standard InChI is InChI=1S/C24H23N3O2S/c1-25-24(28)23-22(18-7-2-3-10-21(18)30-23)20-15-27(12-13-29-20)14-16-6-4-9-19-17(16)8-5-11-26-19/h2-11,20H,12-15H2,1H3,(H,25,28)/t20-/m1/s1. The Labute approximate surface area is 179 Å². The highest BCUT2D eigenvalue weighted by molar-refractivity contribution is 7.21. The minimum atomic E-state index is -0.129. The summed E-state index contributed by atoms with van der Waals surface area (Å²) in [5, 5.41) is 5.09. The number of amides is 1. The average molecular weight is 418 g/mol. The van der Waals surface area contributed by atoms with Crippen molar-refractivity contribution in [3.63, 3.8) is 0 Å². The fourth-order valence-electron chi connectivity index (χ4n) is 4.23. The number of nitrogens with zero attached hydrogens (tertiary/aromatic N) is 2. The molecule has 1 fully saturated rings. The molecule has 152 valence electrons. The molecule has 1 amide bonds. The van der Waals surface area contributed by atoms with Crippen LogP contribution in [-0.2, 0) is 11.3 Å². The number of morpholine rings is 1. The van der Waals surface area contributed by atoms with E-state index in [0.29, 0.717) is 6.61 Å². The van der Waals surface area contributed by atoms with E-state index >= 15 is 0 Å². The third kappa shape index (κ3) is 3.47. The molecule has 3 heterocycles. The number of nitrogens with one attached hydrogen (secondary N) is 1. The van der Waals surface area contributed by atoms with E-state index in [1.165, 1.54) is 22.3 Å². The largest absolute Gasteiger partial charge is 0.371 e. The Morgan fingerprint density at radius 2 is 2.03 bits per heavy atom.